The molecule has 560 valence electrons. The number of fused-ring (bicyclic) bond motifs is 7. The molecule has 2 aliphatic heterocycles. The van der Waals surface area contributed by atoms with Crippen LogP contribution in [0.15, 0.2) is 437 Å². The van der Waals surface area contributed by atoms with Crippen LogP contribution in [0.5, 0.6) is 0 Å². The monoisotopic (exact) mass is 1550 g/mol. The third kappa shape index (κ3) is 12.0. The molecule has 7 heteroatoms. The average Bonchev–Trinajstić information content (AvgIpc) is 1.34. The third-order valence-corrected chi connectivity index (χ3v) is 39.6. The van der Waals surface area contributed by atoms with Gasteiger partial charge in [0.1, 0.15) is 0 Å². The molecule has 0 N–H and O–H groups in total. The van der Waals surface area contributed by atoms with Crippen LogP contribution in [0.1, 0.15) is 52.7 Å². The van der Waals surface area contributed by atoms with Crippen LogP contribution in [0.3, 0.4) is 0 Å². The molecule has 18 aromatic rings. The lowest BCUT2D eigenvalue weighted by atomic mass is 9.33. The van der Waals surface area contributed by atoms with Crippen LogP contribution in [-0.4, -0.2) is 35.5 Å². The van der Waals surface area contributed by atoms with Crippen molar-refractivity contribution in [1.82, 2.24) is 4.57 Å². The van der Waals surface area contributed by atoms with Crippen molar-refractivity contribution in [2.24, 2.45) is 0 Å². The molecule has 20 rings (SSSR count). The fourth-order valence-corrected chi connectivity index (χ4v) is 34.3. The van der Waals surface area contributed by atoms with E-state index in [4.69, 9.17) is 0 Å². The fraction of sp³-hybridized carbons (Fsp3) is 0.0727. The summed E-state index contributed by atoms with van der Waals surface area (Å²) in [5, 5.41) is 18.3. The zero-order valence-electron chi connectivity index (χ0n) is 67.0. The van der Waals surface area contributed by atoms with E-state index in [-0.39, 0.29) is 17.5 Å². The molecule has 0 atom stereocenters. The number of para-hydroxylation sites is 1. The van der Waals surface area contributed by atoms with Gasteiger partial charge in [-0.3, -0.25) is 0 Å². The van der Waals surface area contributed by atoms with E-state index in [1.807, 2.05) is 0 Å². The predicted octanol–water partition coefficient (Wildman–Crippen LogP) is 17.3. The van der Waals surface area contributed by atoms with Crippen molar-refractivity contribution in [3.63, 3.8) is 0 Å². The molecule has 0 unspecified atom stereocenters. The summed E-state index contributed by atoms with van der Waals surface area (Å²) in [7, 11) is -9.69. The molecule has 0 saturated heterocycles. The average molecular weight is 1550 g/mol. The summed E-state index contributed by atoms with van der Waals surface area (Å²) in [5.41, 5.74) is 18.5. The lowest BCUT2D eigenvalue weighted by Crippen LogP contribution is -2.75. The first kappa shape index (κ1) is 72.8. The number of rotatable bonds is 16. The van der Waals surface area contributed by atoms with E-state index in [1.54, 1.807) is 0 Å². The van der Waals surface area contributed by atoms with Crippen LogP contribution in [-0.2, 0) is 10.8 Å². The number of aromatic nitrogens is 1. The largest absolute Gasteiger partial charge is 0.311 e. The van der Waals surface area contributed by atoms with Crippen LogP contribution in [0.2, 0.25) is 0 Å². The molecule has 1 aromatic heterocycles. The summed E-state index contributed by atoms with van der Waals surface area (Å²) in [6, 6.07) is 169. The molecule has 0 aliphatic carbocycles. The molecule has 17 aromatic carbocycles. The first-order valence-electron chi connectivity index (χ1n) is 41.2. The van der Waals surface area contributed by atoms with Gasteiger partial charge in [-0.15, -0.1) is 0 Å². The minimum absolute atomic E-state index is 0.105. The molecule has 2 aliphatic rings. The second-order valence-corrected chi connectivity index (χ2v) is 45.3. The first-order valence-corrected chi connectivity index (χ1v) is 47.2. The molecular formula is C110H90BN3Si3. The van der Waals surface area contributed by atoms with Crippen molar-refractivity contribution in [2.45, 2.75) is 52.4 Å². The highest BCUT2D eigenvalue weighted by atomic mass is 28.3. The maximum absolute atomic E-state index is 3.27. The number of hydrogen-bond acceptors (Lipinski definition) is 2. The van der Waals surface area contributed by atoms with Gasteiger partial charge in [-0.25, -0.2) is 0 Å². The maximum atomic E-state index is 2.75. The quantitative estimate of drug-likeness (QED) is 0.0706. The fourth-order valence-electron chi connectivity index (χ4n) is 20.0. The number of anilines is 6. The highest BCUT2D eigenvalue weighted by Gasteiger charge is 2.50. The van der Waals surface area contributed by atoms with Crippen molar-refractivity contribution in [1.29, 1.82) is 0 Å². The zero-order chi connectivity index (χ0) is 79.0. The van der Waals surface area contributed by atoms with Crippen LogP contribution >= 0.6 is 0 Å². The lowest BCUT2D eigenvalue weighted by molar-refractivity contribution is 0.590. The Hall–Kier alpha value is -13.1. The minimum atomic E-state index is -3.27. The predicted molar refractivity (Wildman–Crippen MR) is 508 cm³/mol. The lowest BCUT2D eigenvalue weighted by Gasteiger charge is -2.46. The van der Waals surface area contributed by atoms with Gasteiger partial charge in [0, 0.05) is 44.8 Å². The molecular weight excluding hydrogens is 1460 g/mol. The highest BCUT2D eigenvalue weighted by Crippen LogP contribution is 2.49. The van der Waals surface area contributed by atoms with E-state index < -0.39 is 24.2 Å². The molecule has 0 amide bonds. The Morgan fingerprint density at radius 2 is 0.564 bits per heavy atom. The zero-order valence-corrected chi connectivity index (χ0v) is 70.0. The van der Waals surface area contributed by atoms with Gasteiger partial charge >= 0.3 is 0 Å². The summed E-state index contributed by atoms with van der Waals surface area (Å²) in [6.45, 7) is 13.8. The van der Waals surface area contributed by atoms with Crippen LogP contribution < -0.4 is 88.4 Å². The smallest absolute Gasteiger partial charge is 0.252 e. The van der Waals surface area contributed by atoms with E-state index >= 15 is 0 Å². The second kappa shape index (κ2) is 29.3. The van der Waals surface area contributed by atoms with Gasteiger partial charge in [-0.2, -0.15) is 0 Å². The number of nitrogens with zero attached hydrogens (tertiary/aromatic N) is 3. The summed E-state index contributed by atoms with van der Waals surface area (Å²) in [6.07, 6.45) is 0. The molecule has 0 fully saturated rings. The summed E-state index contributed by atoms with van der Waals surface area (Å²) in [5.74, 6) is 0. The molecule has 117 heavy (non-hydrogen) atoms. The molecule has 3 nitrogen and oxygen atoms in total. The number of hydrogen-bond donors (Lipinski definition) is 0. The van der Waals surface area contributed by atoms with Gasteiger partial charge in [0.15, 0.2) is 24.2 Å². The molecule has 0 saturated carbocycles. The third-order valence-electron chi connectivity index (χ3n) is 25.3. The minimum Gasteiger partial charge on any atom is -0.311 e. The molecule has 3 heterocycles. The first-order chi connectivity index (χ1) is 57.3. The maximum Gasteiger partial charge on any atom is 0.252 e. The van der Waals surface area contributed by atoms with Crippen molar-refractivity contribution in [3.05, 3.63) is 448 Å². The van der Waals surface area contributed by atoms with Crippen LogP contribution in [0.4, 0.5) is 34.1 Å². The van der Waals surface area contributed by atoms with Gasteiger partial charge < -0.3 is 14.4 Å². The van der Waals surface area contributed by atoms with Gasteiger partial charge in [-0.05, 0) is 173 Å². The van der Waals surface area contributed by atoms with Crippen molar-refractivity contribution >= 4 is 165 Å². The van der Waals surface area contributed by atoms with Crippen molar-refractivity contribution in [2.75, 3.05) is 9.80 Å². The van der Waals surface area contributed by atoms with Gasteiger partial charge in [0.2, 0.25) is 0 Å². The topological polar surface area (TPSA) is 11.4 Å². The molecule has 0 radical (unpaired) electrons. The normalized spacial score (nSPS) is 12.8. The Balaban J connectivity index is 0.984. The van der Waals surface area contributed by atoms with Crippen molar-refractivity contribution in [3.8, 4) is 16.8 Å². The Kier molecular flexibility index (Phi) is 18.2. The van der Waals surface area contributed by atoms with Crippen LogP contribution in [0.25, 0.3) is 38.6 Å². The van der Waals surface area contributed by atoms with E-state index in [9.17, 15) is 0 Å². The van der Waals surface area contributed by atoms with E-state index in [0.717, 1.165) is 62.0 Å². The van der Waals surface area contributed by atoms with Crippen LogP contribution in [0, 0.1) is 0 Å². The Morgan fingerprint density at radius 3 is 0.966 bits per heavy atom. The second-order valence-electron chi connectivity index (χ2n) is 33.8. The van der Waals surface area contributed by atoms with Gasteiger partial charge in [0.25, 0.3) is 6.71 Å². The summed E-state index contributed by atoms with van der Waals surface area (Å²) < 4.78 is 2.62. The summed E-state index contributed by atoms with van der Waals surface area (Å²) in [4.78, 5) is 5.43. The van der Waals surface area contributed by atoms with E-state index in [1.165, 1.54) is 101 Å². The molecule has 0 bridgehead atoms. The van der Waals surface area contributed by atoms with Gasteiger partial charge in [0.05, 0.1) is 22.4 Å². The van der Waals surface area contributed by atoms with Crippen molar-refractivity contribution < 1.29 is 0 Å². The summed E-state index contributed by atoms with van der Waals surface area (Å²) >= 11 is 0. The standard InChI is InChI=1S/C110H90BN3Si3/c1-109(2,3)80-64-69-102-97(72-80)98-73-81(110(4,5)6)65-70-103(98)113(102)83-75-106-108-107(76-83)114(101-63-38-37-62-96(101)79-40-17-7-18-41-79)104-71-67-94(116(87-49-25-11-26-50-87,88-51-27-12-28-52-88)89-53-29-13-30-54-89)77-100(104)111(108)99-68-66-95(117(90-55-31-14-32-56-90,91-57-33-15-34-58-91)92-59-35-16-36-60-92)78-105(99)112(106)82-42-39-61-93(74-82)115(84-43-19-8-20-44-84,85-45-21-9-22-46-85)86-47-23-10-24-48-86/h7-78H,1-6H3. The SMILES string of the molecule is CC(C)(C)c1ccc2c(c1)c1cc(C(C)(C)C)ccc1n2-c1cc2c3c(c1)N(c1ccccc1-c1ccccc1)c1ccc([Si](c4ccccc4)(c4ccccc4)c4ccccc4)cc1B3c1ccc([Si](c3ccccc3)(c3ccccc3)c3ccccc3)cc1N2c1cccc([Si](c2ccccc2)(c2ccccc2)c2ccccc2)c1. The Morgan fingerprint density at radius 1 is 0.222 bits per heavy atom. The van der Waals surface area contributed by atoms with E-state index in [2.05, 4.69) is 493 Å². The van der Waals surface area contributed by atoms with Gasteiger partial charge in [-0.1, -0.05) is 412 Å². The number of benzene rings is 17. The Bertz CT molecular complexity index is 6340. The Labute approximate surface area is 691 Å². The highest BCUT2D eigenvalue weighted by molar-refractivity contribution is 7.21. The molecule has 0 spiro atoms. The van der Waals surface area contributed by atoms with E-state index in [0.29, 0.717) is 0 Å².